The van der Waals surface area contributed by atoms with Gasteiger partial charge in [0.1, 0.15) is 0 Å². The molecule has 0 amide bonds. The molecule has 1 saturated heterocycles. The molecule has 0 saturated carbocycles. The van der Waals surface area contributed by atoms with Gasteiger partial charge in [-0.25, -0.2) is 4.68 Å². The predicted octanol–water partition coefficient (Wildman–Crippen LogP) is 3.53. The Hall–Kier alpha value is -1.95. The van der Waals surface area contributed by atoms with Crippen molar-refractivity contribution in [3.05, 3.63) is 35.2 Å². The van der Waals surface area contributed by atoms with Crippen molar-refractivity contribution in [3.63, 3.8) is 0 Å². The molecule has 1 aliphatic rings. The quantitative estimate of drug-likeness (QED) is 0.792. The summed E-state index contributed by atoms with van der Waals surface area (Å²) in [7, 11) is 0. The topological polar surface area (TPSA) is 50.1 Å². The first-order chi connectivity index (χ1) is 12.5. The zero-order valence-electron chi connectivity index (χ0n) is 16.8. The second kappa shape index (κ2) is 8.16. The number of piperazine rings is 1. The molecule has 2 heterocycles. The minimum absolute atomic E-state index is 0.288. The average molecular weight is 357 g/mol. The molecule has 1 aromatic carbocycles. The lowest BCUT2D eigenvalue weighted by atomic mass is 10.1. The fourth-order valence-corrected chi connectivity index (χ4v) is 3.89. The highest BCUT2D eigenvalue weighted by atomic mass is 15.6. The minimum atomic E-state index is 0.288. The summed E-state index contributed by atoms with van der Waals surface area (Å²) < 4.78 is 1.98. The zero-order chi connectivity index (χ0) is 18.7. The van der Waals surface area contributed by atoms with Crippen LogP contribution in [0.1, 0.15) is 62.6 Å². The molecule has 0 N–H and O–H groups in total. The van der Waals surface area contributed by atoms with Crippen LogP contribution in [0.15, 0.2) is 18.2 Å². The number of hydrogen-bond acceptors (Lipinski definition) is 5. The van der Waals surface area contributed by atoms with Gasteiger partial charge in [0.25, 0.3) is 0 Å². The van der Waals surface area contributed by atoms with E-state index in [0.29, 0.717) is 6.04 Å². The number of rotatable bonds is 6. The predicted molar refractivity (Wildman–Crippen MR) is 106 cm³/mol. The summed E-state index contributed by atoms with van der Waals surface area (Å²) in [6.45, 7) is 15.1. The van der Waals surface area contributed by atoms with Gasteiger partial charge >= 0.3 is 0 Å². The van der Waals surface area contributed by atoms with Gasteiger partial charge in [-0.2, -0.15) is 0 Å². The van der Waals surface area contributed by atoms with Crippen LogP contribution in [0.2, 0.25) is 0 Å². The summed E-state index contributed by atoms with van der Waals surface area (Å²) in [4.78, 5) is 5.09. The van der Waals surface area contributed by atoms with Crippen molar-refractivity contribution in [3.8, 4) is 0 Å². The highest BCUT2D eigenvalue weighted by Crippen LogP contribution is 2.29. The zero-order valence-corrected chi connectivity index (χ0v) is 16.8. The van der Waals surface area contributed by atoms with Gasteiger partial charge in [0.2, 0.25) is 0 Å². The minimum Gasteiger partial charge on any atom is -0.369 e. The largest absolute Gasteiger partial charge is 0.369 e. The Morgan fingerprint density at radius 2 is 1.81 bits per heavy atom. The maximum Gasteiger partial charge on any atom is 0.168 e. The lowest BCUT2D eigenvalue weighted by Gasteiger charge is -2.40. The lowest BCUT2D eigenvalue weighted by Crippen LogP contribution is -2.48. The molecule has 1 atom stereocenters. The van der Waals surface area contributed by atoms with Crippen LogP contribution in [0.5, 0.6) is 0 Å². The van der Waals surface area contributed by atoms with E-state index in [1.165, 1.54) is 16.8 Å². The van der Waals surface area contributed by atoms with Gasteiger partial charge in [0.05, 0.1) is 12.1 Å². The molecule has 26 heavy (non-hydrogen) atoms. The Kier molecular flexibility index (Phi) is 5.91. The number of hydrogen-bond donors (Lipinski definition) is 0. The highest BCUT2D eigenvalue weighted by Gasteiger charge is 2.29. The van der Waals surface area contributed by atoms with Crippen molar-refractivity contribution >= 4 is 5.69 Å². The average Bonchev–Trinajstić information content (AvgIpc) is 3.12. The van der Waals surface area contributed by atoms with Crippen molar-refractivity contribution in [1.29, 1.82) is 0 Å². The van der Waals surface area contributed by atoms with Crippen molar-refractivity contribution in [2.45, 2.75) is 59.5 Å². The second-order valence-electron chi connectivity index (χ2n) is 7.62. The molecule has 0 radical (unpaired) electrons. The van der Waals surface area contributed by atoms with E-state index in [1.54, 1.807) is 0 Å². The molecule has 1 aromatic heterocycles. The van der Waals surface area contributed by atoms with E-state index in [1.807, 2.05) is 4.68 Å². The maximum absolute atomic E-state index is 4.38. The fraction of sp³-hybridized carbons (Fsp3) is 0.650. The Balaban J connectivity index is 1.74. The second-order valence-corrected chi connectivity index (χ2v) is 7.62. The van der Waals surface area contributed by atoms with Crippen LogP contribution in [-0.4, -0.2) is 51.3 Å². The molecular formula is C20H32N6. The molecule has 1 unspecified atom stereocenters. The summed E-state index contributed by atoms with van der Waals surface area (Å²) in [5.41, 5.74) is 4.14. The van der Waals surface area contributed by atoms with Gasteiger partial charge in [-0.15, -0.1) is 5.10 Å². The Bertz CT molecular complexity index is 715. The van der Waals surface area contributed by atoms with Gasteiger partial charge < -0.3 is 4.90 Å². The van der Waals surface area contributed by atoms with Gasteiger partial charge in [-0.1, -0.05) is 25.5 Å². The molecule has 1 fully saturated rings. The van der Waals surface area contributed by atoms with Crippen LogP contribution in [0.25, 0.3) is 0 Å². The molecule has 0 bridgehead atoms. The van der Waals surface area contributed by atoms with Gasteiger partial charge in [0, 0.05) is 31.9 Å². The summed E-state index contributed by atoms with van der Waals surface area (Å²) in [5.74, 6) is 1.02. The van der Waals surface area contributed by atoms with Crippen LogP contribution in [0, 0.1) is 13.8 Å². The van der Waals surface area contributed by atoms with E-state index in [0.717, 1.165) is 44.8 Å². The van der Waals surface area contributed by atoms with Crippen LogP contribution in [-0.2, 0) is 0 Å². The van der Waals surface area contributed by atoms with E-state index in [2.05, 4.69) is 78.1 Å². The Morgan fingerprint density at radius 1 is 1.08 bits per heavy atom. The number of tetrazole rings is 1. The first-order valence-corrected chi connectivity index (χ1v) is 9.85. The fourth-order valence-electron chi connectivity index (χ4n) is 3.89. The normalized spacial score (nSPS) is 17.1. The number of benzene rings is 1. The highest BCUT2D eigenvalue weighted by molar-refractivity contribution is 5.56. The monoisotopic (exact) mass is 356 g/mol. The Morgan fingerprint density at radius 3 is 2.46 bits per heavy atom. The lowest BCUT2D eigenvalue weighted by molar-refractivity contribution is 0.162. The van der Waals surface area contributed by atoms with Crippen molar-refractivity contribution in [1.82, 2.24) is 25.1 Å². The van der Waals surface area contributed by atoms with Gasteiger partial charge in [-0.05, 0) is 61.7 Å². The molecule has 6 nitrogen and oxygen atoms in total. The number of aryl methyl sites for hydroxylation is 1. The number of nitrogens with zero attached hydrogens (tertiary/aromatic N) is 6. The van der Waals surface area contributed by atoms with Crippen LogP contribution in [0.3, 0.4) is 0 Å². The van der Waals surface area contributed by atoms with Crippen LogP contribution < -0.4 is 4.90 Å². The van der Waals surface area contributed by atoms with Crippen LogP contribution in [0.4, 0.5) is 5.69 Å². The van der Waals surface area contributed by atoms with Crippen molar-refractivity contribution in [2.75, 3.05) is 31.1 Å². The third-order valence-corrected chi connectivity index (χ3v) is 5.54. The standard InChI is InChI=1S/C20H32N6/c1-6-8-19(20-21-22-23-26(20)15(2)3)25-13-11-24(12-14-25)18-10-7-9-16(4)17(18)5/h7,9-10,15,19H,6,8,11-14H2,1-5H3. The van der Waals surface area contributed by atoms with Gasteiger partial charge in [-0.3, -0.25) is 4.90 Å². The van der Waals surface area contributed by atoms with E-state index in [-0.39, 0.29) is 6.04 Å². The van der Waals surface area contributed by atoms with E-state index < -0.39 is 0 Å². The smallest absolute Gasteiger partial charge is 0.168 e. The number of aromatic nitrogens is 4. The molecule has 6 heteroatoms. The summed E-state index contributed by atoms with van der Waals surface area (Å²) >= 11 is 0. The summed E-state index contributed by atoms with van der Waals surface area (Å²) in [5, 5.41) is 12.5. The van der Waals surface area contributed by atoms with Crippen molar-refractivity contribution in [2.24, 2.45) is 0 Å². The van der Waals surface area contributed by atoms with E-state index >= 15 is 0 Å². The molecular weight excluding hydrogens is 324 g/mol. The first-order valence-electron chi connectivity index (χ1n) is 9.85. The summed E-state index contributed by atoms with van der Waals surface area (Å²) in [6.07, 6.45) is 2.23. The SMILES string of the molecule is CCCC(c1nnnn1C(C)C)N1CCN(c2cccc(C)c2C)CC1. The third kappa shape index (κ3) is 3.75. The third-order valence-electron chi connectivity index (χ3n) is 5.54. The molecule has 142 valence electrons. The van der Waals surface area contributed by atoms with Crippen molar-refractivity contribution < 1.29 is 0 Å². The molecule has 1 aliphatic heterocycles. The first kappa shape index (κ1) is 18.8. The molecule has 3 rings (SSSR count). The van der Waals surface area contributed by atoms with Crippen LogP contribution >= 0.6 is 0 Å². The molecule has 0 aliphatic carbocycles. The Labute approximate surface area is 157 Å². The van der Waals surface area contributed by atoms with Gasteiger partial charge in [0.15, 0.2) is 5.82 Å². The number of anilines is 1. The van der Waals surface area contributed by atoms with E-state index in [9.17, 15) is 0 Å². The molecule has 2 aromatic rings. The summed E-state index contributed by atoms with van der Waals surface area (Å²) in [6, 6.07) is 7.20. The van der Waals surface area contributed by atoms with E-state index in [4.69, 9.17) is 0 Å². The molecule has 0 spiro atoms. The maximum atomic E-state index is 4.38.